The van der Waals surface area contributed by atoms with Gasteiger partial charge in [0, 0.05) is 28.8 Å². The van der Waals surface area contributed by atoms with E-state index in [2.05, 4.69) is 24.5 Å². The van der Waals surface area contributed by atoms with Crippen molar-refractivity contribution in [3.63, 3.8) is 0 Å². The molecule has 2 aromatic rings. The highest BCUT2D eigenvalue weighted by Crippen LogP contribution is 2.57. The van der Waals surface area contributed by atoms with Crippen LogP contribution >= 0.6 is 11.3 Å². The summed E-state index contributed by atoms with van der Waals surface area (Å²) < 4.78 is 10.9. The molecule has 3 N–H and O–H groups in total. The van der Waals surface area contributed by atoms with Gasteiger partial charge in [0.05, 0.1) is 31.7 Å². The van der Waals surface area contributed by atoms with Crippen LogP contribution in [0.4, 0.5) is 10.8 Å². The van der Waals surface area contributed by atoms with Crippen LogP contribution < -0.4 is 20.1 Å². The van der Waals surface area contributed by atoms with Crippen molar-refractivity contribution in [2.45, 2.75) is 70.9 Å². The van der Waals surface area contributed by atoms with Gasteiger partial charge in [-0.25, -0.2) is 4.98 Å². The minimum atomic E-state index is -0.520. The van der Waals surface area contributed by atoms with Gasteiger partial charge in [0.25, 0.3) is 0 Å². The summed E-state index contributed by atoms with van der Waals surface area (Å²) in [6.45, 7) is 6.49. The molecular weight excluding hydrogens is 462 g/mol. The molecule has 0 aliphatic heterocycles. The molecule has 3 aliphatic carbocycles. The number of hydrogen-bond acceptors (Lipinski definition) is 7. The summed E-state index contributed by atoms with van der Waals surface area (Å²) in [4.78, 5) is 19.0. The summed E-state index contributed by atoms with van der Waals surface area (Å²) in [5.74, 6) is 1.55. The molecule has 1 heterocycles. The van der Waals surface area contributed by atoms with Crippen molar-refractivity contribution in [3.05, 3.63) is 28.8 Å². The van der Waals surface area contributed by atoms with Crippen LogP contribution in [0.2, 0.25) is 0 Å². The number of thiazole rings is 1. The highest BCUT2D eigenvalue weighted by Gasteiger charge is 2.54. The molecule has 1 amide bonds. The summed E-state index contributed by atoms with van der Waals surface area (Å²) in [6.07, 6.45) is 4.42. The van der Waals surface area contributed by atoms with Crippen molar-refractivity contribution in [2.75, 3.05) is 19.5 Å². The highest BCUT2D eigenvalue weighted by atomic mass is 32.1. The number of benzene rings is 1. The van der Waals surface area contributed by atoms with Gasteiger partial charge in [0.2, 0.25) is 5.91 Å². The monoisotopic (exact) mass is 499 g/mol. The van der Waals surface area contributed by atoms with Crippen molar-refractivity contribution in [1.29, 1.82) is 0 Å². The quantitative estimate of drug-likeness (QED) is 0.503. The second kappa shape index (κ2) is 9.28. The van der Waals surface area contributed by atoms with Gasteiger partial charge < -0.3 is 25.2 Å². The average molecular weight is 500 g/mol. The van der Waals surface area contributed by atoms with Crippen LogP contribution in [0.5, 0.6) is 11.5 Å². The van der Waals surface area contributed by atoms with Crippen LogP contribution in [0.3, 0.4) is 0 Å². The SMILES string of the molecule is COc1ccc(OC)c(Nc2nc3c(s2)C[C@]2(C)CC[C@@H]([C@H](C)C(=O)NC4CC4)[C@H](O)[C@H]2[C@@H]3C)c1. The number of aliphatic hydroxyl groups excluding tert-OH is 1. The lowest BCUT2D eigenvalue weighted by Crippen LogP contribution is -2.53. The van der Waals surface area contributed by atoms with E-state index in [0.29, 0.717) is 6.04 Å². The maximum absolute atomic E-state index is 12.8. The fraction of sp³-hybridized carbons (Fsp3) is 0.630. The Labute approximate surface area is 211 Å². The molecule has 35 heavy (non-hydrogen) atoms. The molecule has 0 bridgehead atoms. The van der Waals surface area contributed by atoms with Crippen LogP contribution in [-0.2, 0) is 11.2 Å². The first-order valence-corrected chi connectivity index (χ1v) is 13.5. The molecule has 1 aromatic carbocycles. The number of hydrogen-bond donors (Lipinski definition) is 3. The van der Waals surface area contributed by atoms with Gasteiger partial charge in [-0.1, -0.05) is 20.8 Å². The zero-order valence-corrected chi connectivity index (χ0v) is 22.1. The fourth-order valence-electron chi connectivity index (χ4n) is 6.38. The Bertz CT molecular complexity index is 1100. The van der Waals surface area contributed by atoms with Gasteiger partial charge >= 0.3 is 0 Å². The summed E-state index contributed by atoms with van der Waals surface area (Å²) in [5.41, 5.74) is 1.87. The van der Waals surface area contributed by atoms with E-state index < -0.39 is 6.10 Å². The molecule has 3 aliphatic rings. The first-order chi connectivity index (χ1) is 16.7. The summed E-state index contributed by atoms with van der Waals surface area (Å²) >= 11 is 1.68. The van der Waals surface area contributed by atoms with E-state index in [9.17, 15) is 9.90 Å². The third-order valence-corrected chi connectivity index (χ3v) is 9.54. The second-order valence-corrected chi connectivity index (χ2v) is 12.0. The number of anilines is 2. The third-order valence-electron chi connectivity index (χ3n) is 8.55. The predicted molar refractivity (Wildman–Crippen MR) is 138 cm³/mol. The van der Waals surface area contributed by atoms with Gasteiger partial charge in [-0.15, -0.1) is 11.3 Å². The summed E-state index contributed by atoms with van der Waals surface area (Å²) in [6, 6.07) is 6.00. The average Bonchev–Trinajstić information content (AvgIpc) is 3.56. The molecule has 5 rings (SSSR count). The van der Waals surface area contributed by atoms with Crippen LogP contribution in [0.25, 0.3) is 0 Å². The van der Waals surface area contributed by atoms with E-state index in [1.165, 1.54) is 4.88 Å². The molecule has 6 atom stereocenters. The molecule has 0 spiro atoms. The zero-order valence-electron chi connectivity index (χ0n) is 21.3. The Morgan fingerprint density at radius 1 is 1.26 bits per heavy atom. The first kappa shape index (κ1) is 24.4. The standard InChI is InChI=1S/C27H37N3O4S/c1-14(25(32)28-16-6-7-16)18-10-11-27(3)13-21-23(15(2)22(27)24(18)31)30-26(35-21)29-19-12-17(33-4)8-9-20(19)34-5/h8-9,12,14-16,18,22,24,31H,6-7,10-11,13H2,1-5H3,(H,28,32)(H,29,30)/t14-,15-,18-,22+,24-,27-/m0/s1. The Hall–Kier alpha value is -2.32. The number of amides is 1. The van der Waals surface area contributed by atoms with E-state index in [1.807, 2.05) is 25.1 Å². The van der Waals surface area contributed by atoms with Crippen LogP contribution in [0, 0.1) is 23.2 Å². The van der Waals surface area contributed by atoms with Crippen LogP contribution in [-0.4, -0.2) is 42.4 Å². The zero-order chi connectivity index (χ0) is 24.9. The summed E-state index contributed by atoms with van der Waals surface area (Å²) in [7, 11) is 3.30. The number of carbonyl (C=O) groups is 1. The lowest BCUT2D eigenvalue weighted by molar-refractivity contribution is -0.134. The van der Waals surface area contributed by atoms with Gasteiger partial charge in [-0.2, -0.15) is 0 Å². The molecule has 1 aromatic heterocycles. The van der Waals surface area contributed by atoms with Crippen molar-refractivity contribution < 1.29 is 19.4 Å². The topological polar surface area (TPSA) is 92.7 Å². The number of methoxy groups -OCH3 is 2. The largest absolute Gasteiger partial charge is 0.497 e. The maximum atomic E-state index is 12.8. The molecule has 2 fully saturated rings. The van der Waals surface area contributed by atoms with Gasteiger partial charge in [-0.3, -0.25) is 4.79 Å². The van der Waals surface area contributed by atoms with Crippen molar-refractivity contribution in [3.8, 4) is 11.5 Å². The molecule has 0 saturated heterocycles. The smallest absolute Gasteiger partial charge is 0.223 e. The minimum absolute atomic E-state index is 0.00746. The molecule has 2 saturated carbocycles. The van der Waals surface area contributed by atoms with Crippen molar-refractivity contribution in [1.82, 2.24) is 10.3 Å². The summed E-state index contributed by atoms with van der Waals surface area (Å²) in [5, 5.41) is 19.0. The van der Waals surface area contributed by atoms with E-state index >= 15 is 0 Å². The number of fused-ring (bicyclic) bond motifs is 2. The molecule has 7 nitrogen and oxygen atoms in total. The maximum Gasteiger partial charge on any atom is 0.223 e. The van der Waals surface area contributed by atoms with Gasteiger partial charge in [0.15, 0.2) is 5.13 Å². The van der Waals surface area contributed by atoms with E-state index in [1.54, 1.807) is 25.6 Å². The Kier molecular flexibility index (Phi) is 6.46. The number of carbonyl (C=O) groups excluding carboxylic acids is 1. The molecule has 0 unspecified atom stereocenters. The second-order valence-electron chi connectivity index (χ2n) is 10.9. The molecule has 0 radical (unpaired) electrons. The molecular formula is C27H37N3O4S. The third kappa shape index (κ3) is 4.51. The lowest BCUT2D eigenvalue weighted by Gasteiger charge is -2.53. The van der Waals surface area contributed by atoms with Crippen molar-refractivity contribution >= 4 is 28.1 Å². The van der Waals surface area contributed by atoms with Crippen molar-refractivity contribution in [2.24, 2.45) is 23.2 Å². The van der Waals surface area contributed by atoms with E-state index in [0.717, 1.165) is 60.1 Å². The minimum Gasteiger partial charge on any atom is -0.497 e. The first-order valence-electron chi connectivity index (χ1n) is 12.7. The Balaban J connectivity index is 1.38. The number of aromatic nitrogens is 1. The highest BCUT2D eigenvalue weighted by molar-refractivity contribution is 7.15. The number of nitrogens with one attached hydrogen (secondary N) is 2. The van der Waals surface area contributed by atoms with Crippen LogP contribution in [0.1, 0.15) is 62.9 Å². The normalized spacial score (nSPS) is 30.6. The Morgan fingerprint density at radius 2 is 2.03 bits per heavy atom. The Morgan fingerprint density at radius 3 is 2.71 bits per heavy atom. The number of nitrogens with zero attached hydrogens (tertiary/aromatic N) is 1. The predicted octanol–water partition coefficient (Wildman–Crippen LogP) is 4.87. The number of rotatable bonds is 7. The number of ether oxygens (including phenoxy) is 2. The van der Waals surface area contributed by atoms with E-state index in [-0.39, 0.29) is 35.0 Å². The molecule has 8 heteroatoms. The molecule has 190 valence electrons. The van der Waals surface area contributed by atoms with E-state index in [4.69, 9.17) is 14.5 Å². The fourth-order valence-corrected chi connectivity index (χ4v) is 7.66. The van der Waals surface area contributed by atoms with Gasteiger partial charge in [0.1, 0.15) is 11.5 Å². The lowest BCUT2D eigenvalue weighted by atomic mass is 9.53. The van der Waals surface area contributed by atoms with Gasteiger partial charge in [-0.05, 0) is 61.5 Å². The number of aliphatic hydroxyl groups is 1. The van der Waals surface area contributed by atoms with Crippen LogP contribution in [0.15, 0.2) is 18.2 Å².